The first-order valence-corrected chi connectivity index (χ1v) is 8.64. The molecule has 0 N–H and O–H groups in total. The second-order valence-electron chi connectivity index (χ2n) is 5.84. The van der Waals surface area contributed by atoms with Crippen LogP contribution in [0.25, 0.3) is 0 Å². The molecule has 3 rings (SSSR count). The topological polar surface area (TPSA) is 62.6 Å². The number of rotatable bonds is 4. The molecule has 0 radical (unpaired) electrons. The lowest BCUT2D eigenvalue weighted by atomic mass is 9.95. The molecule has 0 bridgehead atoms. The minimum atomic E-state index is -0.462. The fraction of sp³-hybridized carbons (Fsp3) is 0.263. The van der Waals surface area contributed by atoms with Gasteiger partial charge in [0.25, 0.3) is 0 Å². The molecule has 2 aromatic carbocycles. The Kier molecular flexibility index (Phi) is 5.49. The summed E-state index contributed by atoms with van der Waals surface area (Å²) in [5, 5.41) is 10.9. The average molecular weight is 401 g/mol. The Labute approximate surface area is 154 Å². The van der Waals surface area contributed by atoms with Crippen molar-refractivity contribution in [2.75, 3.05) is 13.7 Å². The highest BCUT2D eigenvalue weighted by atomic mass is 79.9. The van der Waals surface area contributed by atoms with Crippen molar-refractivity contribution in [1.29, 1.82) is 5.26 Å². The van der Waals surface area contributed by atoms with Crippen LogP contribution >= 0.6 is 15.9 Å². The van der Waals surface area contributed by atoms with Crippen LogP contribution < -0.4 is 0 Å². The molecule has 1 fully saturated rings. The zero-order valence-electron chi connectivity index (χ0n) is 13.7. The SMILES string of the molecule is COC(=O)[C@@H]1CN(Cc2ccc(Br)cc2)O[C@H]1c1cccc(C#N)c1. The average Bonchev–Trinajstić information content (AvgIpc) is 3.07. The van der Waals surface area contributed by atoms with E-state index in [1.165, 1.54) is 7.11 Å². The van der Waals surface area contributed by atoms with E-state index in [2.05, 4.69) is 22.0 Å². The highest BCUT2D eigenvalue weighted by Crippen LogP contribution is 2.36. The second kappa shape index (κ2) is 7.79. The Morgan fingerprint density at radius 1 is 1.36 bits per heavy atom. The smallest absolute Gasteiger partial charge is 0.313 e. The van der Waals surface area contributed by atoms with E-state index in [0.717, 1.165) is 15.6 Å². The van der Waals surface area contributed by atoms with E-state index in [4.69, 9.17) is 14.8 Å². The molecule has 0 amide bonds. The first kappa shape index (κ1) is 17.6. The molecule has 1 aliphatic rings. The fourth-order valence-corrected chi connectivity index (χ4v) is 3.18. The number of carbonyl (C=O) groups excluding carboxylic acids is 1. The largest absolute Gasteiger partial charge is 0.469 e. The minimum Gasteiger partial charge on any atom is -0.469 e. The summed E-state index contributed by atoms with van der Waals surface area (Å²) < 4.78 is 5.95. The minimum absolute atomic E-state index is 0.314. The van der Waals surface area contributed by atoms with Gasteiger partial charge in [0, 0.05) is 17.6 Å². The van der Waals surface area contributed by atoms with Gasteiger partial charge in [0.05, 0.1) is 18.7 Å². The second-order valence-corrected chi connectivity index (χ2v) is 6.76. The third-order valence-electron chi connectivity index (χ3n) is 4.15. The molecule has 2 aromatic rings. The third-order valence-corrected chi connectivity index (χ3v) is 4.68. The first-order chi connectivity index (χ1) is 12.1. The van der Waals surface area contributed by atoms with Crippen molar-refractivity contribution in [1.82, 2.24) is 5.06 Å². The van der Waals surface area contributed by atoms with Gasteiger partial charge in [-0.25, -0.2) is 0 Å². The normalized spacial score (nSPS) is 20.2. The van der Waals surface area contributed by atoms with Crippen molar-refractivity contribution in [3.8, 4) is 6.07 Å². The Hall–Kier alpha value is -2.20. The van der Waals surface area contributed by atoms with Crippen LogP contribution in [0, 0.1) is 17.2 Å². The number of nitrogens with zero attached hydrogens (tertiary/aromatic N) is 2. The van der Waals surface area contributed by atoms with Gasteiger partial charge in [-0.15, -0.1) is 0 Å². The number of ether oxygens (including phenoxy) is 1. The highest BCUT2D eigenvalue weighted by molar-refractivity contribution is 9.10. The van der Waals surface area contributed by atoms with Crippen molar-refractivity contribution in [2.24, 2.45) is 5.92 Å². The third kappa shape index (κ3) is 4.07. The van der Waals surface area contributed by atoms with E-state index in [1.54, 1.807) is 23.3 Å². The number of hydroxylamine groups is 2. The Bertz CT molecular complexity index is 801. The maximum absolute atomic E-state index is 12.2. The molecule has 5 nitrogen and oxygen atoms in total. The molecule has 6 heteroatoms. The number of methoxy groups -OCH3 is 1. The van der Waals surface area contributed by atoms with Gasteiger partial charge in [-0.3, -0.25) is 9.63 Å². The summed E-state index contributed by atoms with van der Waals surface area (Å²) in [6, 6.07) is 17.2. The summed E-state index contributed by atoms with van der Waals surface area (Å²) in [5.41, 5.74) is 2.42. The van der Waals surface area contributed by atoms with Gasteiger partial charge in [-0.05, 0) is 35.4 Å². The molecule has 1 heterocycles. The van der Waals surface area contributed by atoms with Crippen LogP contribution in [0.2, 0.25) is 0 Å². The number of benzene rings is 2. The van der Waals surface area contributed by atoms with Crippen LogP contribution in [0.15, 0.2) is 53.0 Å². The molecular formula is C19H17BrN2O3. The van der Waals surface area contributed by atoms with Crippen LogP contribution in [0.4, 0.5) is 0 Å². The van der Waals surface area contributed by atoms with E-state index < -0.39 is 12.0 Å². The maximum Gasteiger partial charge on any atom is 0.313 e. The van der Waals surface area contributed by atoms with E-state index in [0.29, 0.717) is 18.7 Å². The molecule has 25 heavy (non-hydrogen) atoms. The Morgan fingerprint density at radius 3 is 2.80 bits per heavy atom. The van der Waals surface area contributed by atoms with E-state index >= 15 is 0 Å². The van der Waals surface area contributed by atoms with Gasteiger partial charge in [-0.2, -0.15) is 10.3 Å². The Morgan fingerprint density at radius 2 is 2.12 bits per heavy atom. The highest BCUT2D eigenvalue weighted by Gasteiger charge is 2.40. The number of hydrogen-bond donors (Lipinski definition) is 0. The van der Waals surface area contributed by atoms with Crippen LogP contribution in [-0.2, 0) is 20.9 Å². The van der Waals surface area contributed by atoms with Crippen molar-refractivity contribution >= 4 is 21.9 Å². The molecule has 0 aromatic heterocycles. The molecule has 0 spiro atoms. The monoisotopic (exact) mass is 400 g/mol. The predicted molar refractivity (Wildman–Crippen MR) is 95.0 cm³/mol. The number of carbonyl (C=O) groups is 1. The van der Waals surface area contributed by atoms with Crippen molar-refractivity contribution in [2.45, 2.75) is 12.6 Å². The van der Waals surface area contributed by atoms with Crippen LogP contribution in [-0.4, -0.2) is 24.7 Å². The molecule has 128 valence electrons. The van der Waals surface area contributed by atoms with Gasteiger partial charge >= 0.3 is 5.97 Å². The molecule has 1 saturated heterocycles. The molecule has 0 saturated carbocycles. The molecule has 0 unspecified atom stereocenters. The lowest BCUT2D eigenvalue weighted by Crippen LogP contribution is -2.24. The maximum atomic E-state index is 12.2. The van der Waals surface area contributed by atoms with E-state index in [9.17, 15) is 4.79 Å². The van der Waals surface area contributed by atoms with Crippen molar-refractivity contribution < 1.29 is 14.4 Å². The Balaban J connectivity index is 1.82. The molecule has 2 atom stereocenters. The van der Waals surface area contributed by atoms with Crippen molar-refractivity contribution in [3.05, 3.63) is 69.7 Å². The zero-order valence-corrected chi connectivity index (χ0v) is 15.3. The van der Waals surface area contributed by atoms with Gasteiger partial charge in [-0.1, -0.05) is 40.2 Å². The fourth-order valence-electron chi connectivity index (χ4n) is 2.92. The number of nitriles is 1. The van der Waals surface area contributed by atoms with Gasteiger partial charge in [0.2, 0.25) is 0 Å². The van der Waals surface area contributed by atoms with Gasteiger partial charge < -0.3 is 4.74 Å². The quantitative estimate of drug-likeness (QED) is 0.733. The van der Waals surface area contributed by atoms with Crippen LogP contribution in [0.3, 0.4) is 0 Å². The summed E-state index contributed by atoms with van der Waals surface area (Å²) >= 11 is 3.42. The first-order valence-electron chi connectivity index (χ1n) is 7.85. The number of hydrogen-bond acceptors (Lipinski definition) is 5. The van der Waals surface area contributed by atoms with Crippen molar-refractivity contribution in [3.63, 3.8) is 0 Å². The standard InChI is InChI=1S/C19H17BrN2O3/c1-24-19(23)17-12-22(11-13-5-7-16(20)8-6-13)25-18(17)15-4-2-3-14(9-15)10-21/h2-9,17-18H,11-12H2,1H3/t17-,18+/m1/s1. The van der Waals surface area contributed by atoms with E-state index in [-0.39, 0.29) is 5.97 Å². The predicted octanol–water partition coefficient (Wildman–Crippen LogP) is 3.60. The van der Waals surface area contributed by atoms with E-state index in [1.807, 2.05) is 30.3 Å². The lowest BCUT2D eigenvalue weighted by Gasteiger charge is -2.17. The summed E-state index contributed by atoms with van der Waals surface area (Å²) in [4.78, 5) is 18.2. The molecule has 0 aliphatic carbocycles. The summed E-state index contributed by atoms with van der Waals surface area (Å²) in [6.45, 7) is 0.999. The lowest BCUT2D eigenvalue weighted by molar-refractivity contribution is -0.161. The number of halogens is 1. The van der Waals surface area contributed by atoms with Crippen LogP contribution in [0.1, 0.15) is 22.8 Å². The number of esters is 1. The zero-order chi connectivity index (χ0) is 17.8. The summed E-state index contributed by atoms with van der Waals surface area (Å²) in [5.74, 6) is -0.750. The van der Waals surface area contributed by atoms with Gasteiger partial charge in [0.1, 0.15) is 12.0 Å². The molecular weight excluding hydrogens is 384 g/mol. The summed E-state index contributed by atoms with van der Waals surface area (Å²) in [7, 11) is 1.38. The summed E-state index contributed by atoms with van der Waals surface area (Å²) in [6.07, 6.45) is -0.462. The molecule has 1 aliphatic heterocycles. The van der Waals surface area contributed by atoms with Gasteiger partial charge in [0.15, 0.2) is 0 Å². The van der Waals surface area contributed by atoms with Crippen LogP contribution in [0.5, 0.6) is 0 Å².